The summed E-state index contributed by atoms with van der Waals surface area (Å²) in [6.07, 6.45) is 1.42. The number of ether oxygens (including phenoxy) is 2. The van der Waals surface area contributed by atoms with E-state index in [-0.39, 0.29) is 29.9 Å². The molecule has 4 amide bonds. The van der Waals surface area contributed by atoms with Crippen LogP contribution < -0.4 is 31.7 Å². The van der Waals surface area contributed by atoms with Crippen molar-refractivity contribution in [2.45, 2.75) is 90.6 Å². The number of carbonyl (C=O) groups is 4. The molecule has 2 aliphatic rings. The lowest BCUT2D eigenvalue weighted by Crippen LogP contribution is -2.56. The third-order valence-corrected chi connectivity index (χ3v) is 10.2. The summed E-state index contributed by atoms with van der Waals surface area (Å²) >= 11 is 0. The average Bonchev–Trinajstić information content (AvgIpc) is 3.52. The van der Waals surface area contributed by atoms with Gasteiger partial charge in [0.2, 0.25) is 23.6 Å². The number of hydrogen-bond donors (Lipinski definition) is 6. The Morgan fingerprint density at radius 2 is 1.39 bits per heavy atom. The van der Waals surface area contributed by atoms with Gasteiger partial charge in [0.1, 0.15) is 35.4 Å². The van der Waals surface area contributed by atoms with Gasteiger partial charge in [0.25, 0.3) is 0 Å². The number of amides is 4. The van der Waals surface area contributed by atoms with E-state index in [1.54, 1.807) is 30.3 Å². The predicted octanol–water partition coefficient (Wildman–Crippen LogP) is 6.04. The molecule has 12 nitrogen and oxygen atoms in total. The smallest absolute Gasteiger partial charge is 0.247 e. The molecule has 0 radical (unpaired) electrons. The Bertz CT molecular complexity index is 2100. The fourth-order valence-electron chi connectivity index (χ4n) is 7.42. The Labute approximate surface area is 327 Å². The minimum Gasteiger partial charge on any atom is -0.508 e. The molecule has 1 spiro atoms. The molecule has 4 atom stereocenters. The number of benzene rings is 4. The molecular weight excluding hydrogens is 711 g/mol. The number of hydrogen-bond acceptors (Lipinski definition) is 8. The van der Waals surface area contributed by atoms with Gasteiger partial charge in [-0.3, -0.25) is 19.2 Å². The number of nitrogens with two attached hydrogens (primary N) is 1. The maximum absolute atomic E-state index is 14.2. The van der Waals surface area contributed by atoms with E-state index in [1.165, 1.54) is 19.1 Å². The zero-order valence-corrected chi connectivity index (χ0v) is 32.5. The molecule has 4 aromatic carbocycles. The molecule has 0 saturated heterocycles. The quantitative estimate of drug-likeness (QED) is 0.0842. The summed E-state index contributed by atoms with van der Waals surface area (Å²) in [6, 6.07) is 22.4. The molecule has 2 aliphatic heterocycles. The lowest BCUT2D eigenvalue weighted by Gasteiger charge is -2.37. The summed E-state index contributed by atoms with van der Waals surface area (Å²) in [5, 5.41) is 21.3. The number of fused-ring (bicyclic) bond motifs is 6. The van der Waals surface area contributed by atoms with E-state index in [4.69, 9.17) is 15.2 Å². The van der Waals surface area contributed by atoms with Crippen molar-refractivity contribution in [3.63, 3.8) is 0 Å². The number of carbonyl (C=O) groups excluding carboxylic acids is 4. The van der Waals surface area contributed by atoms with Crippen molar-refractivity contribution >= 4 is 35.0 Å². The van der Waals surface area contributed by atoms with Gasteiger partial charge in [0, 0.05) is 48.0 Å². The first-order chi connectivity index (χ1) is 26.7. The number of aromatic hydroxyl groups is 1. The van der Waals surface area contributed by atoms with Crippen molar-refractivity contribution in [1.82, 2.24) is 16.0 Å². The van der Waals surface area contributed by atoms with Crippen LogP contribution in [0.15, 0.2) is 84.9 Å². The molecule has 56 heavy (non-hydrogen) atoms. The number of phenols is 1. The molecular formula is C44H51N5O7. The largest absolute Gasteiger partial charge is 0.508 e. The van der Waals surface area contributed by atoms with Crippen LogP contribution >= 0.6 is 0 Å². The van der Waals surface area contributed by atoms with Gasteiger partial charge in [-0.25, -0.2) is 0 Å². The molecule has 0 fully saturated rings. The van der Waals surface area contributed by atoms with Crippen LogP contribution in [-0.2, 0) is 42.5 Å². The standard InChI is InChI=1S/C44H51N5O7/c1-25(2)10-19-36(48-43(54)37(20-26(3)4)46-27(5)50)41(52)49-38(21-28-11-15-32(51)16-12-28)42(53)47-31-14-18-35-40(23-31)56-39-22-30(45)13-17-34(39)44(35)33-9-7-6-8-29(33)24-55-44/h6-9,11-18,22-23,25-26,36-38,51H,10,19-21,24,45H2,1-5H3,(H,46,50)(H,47,53)(H,48,54)(H,49,52)/t36-,37-,38-,44?/m0/s1. The fraction of sp³-hybridized carbons (Fsp3) is 0.364. The summed E-state index contributed by atoms with van der Waals surface area (Å²) in [6.45, 7) is 9.68. The van der Waals surface area contributed by atoms with Crippen LogP contribution in [-0.4, -0.2) is 46.9 Å². The van der Waals surface area contributed by atoms with E-state index in [1.807, 2.05) is 70.2 Å². The molecule has 0 saturated carbocycles. The van der Waals surface area contributed by atoms with Crippen LogP contribution in [0.25, 0.3) is 0 Å². The number of rotatable bonds is 14. The summed E-state index contributed by atoms with van der Waals surface area (Å²) in [5.41, 5.74) is 10.5. The van der Waals surface area contributed by atoms with E-state index in [0.29, 0.717) is 54.3 Å². The summed E-state index contributed by atoms with van der Waals surface area (Å²) in [4.78, 5) is 53.7. The van der Waals surface area contributed by atoms with E-state index >= 15 is 0 Å². The monoisotopic (exact) mass is 761 g/mol. The zero-order valence-electron chi connectivity index (χ0n) is 32.5. The minimum absolute atomic E-state index is 0.0643. The Hall–Kier alpha value is -5.88. The highest BCUT2D eigenvalue weighted by Gasteiger charge is 2.49. The molecule has 294 valence electrons. The van der Waals surface area contributed by atoms with Crippen LogP contribution in [0.3, 0.4) is 0 Å². The Balaban J connectivity index is 1.28. The Morgan fingerprint density at radius 1 is 0.732 bits per heavy atom. The second kappa shape index (κ2) is 16.9. The van der Waals surface area contributed by atoms with Gasteiger partial charge in [0.05, 0.1) is 6.61 Å². The van der Waals surface area contributed by atoms with E-state index in [9.17, 15) is 24.3 Å². The molecule has 0 aromatic heterocycles. The minimum atomic E-state index is -1.08. The maximum atomic E-state index is 14.2. The number of nitrogen functional groups attached to an aromatic ring is 1. The van der Waals surface area contributed by atoms with Crippen LogP contribution in [0.5, 0.6) is 17.2 Å². The van der Waals surface area contributed by atoms with Crippen molar-refractivity contribution in [3.05, 3.63) is 113 Å². The van der Waals surface area contributed by atoms with Crippen molar-refractivity contribution in [1.29, 1.82) is 0 Å². The van der Waals surface area contributed by atoms with Gasteiger partial charge < -0.3 is 41.6 Å². The first kappa shape index (κ1) is 39.8. The molecule has 6 rings (SSSR count). The fourth-order valence-corrected chi connectivity index (χ4v) is 7.42. The van der Waals surface area contributed by atoms with E-state index in [2.05, 4.69) is 21.3 Å². The van der Waals surface area contributed by atoms with Gasteiger partial charge in [0.15, 0.2) is 5.60 Å². The van der Waals surface area contributed by atoms with Crippen molar-refractivity contribution in [3.8, 4) is 17.2 Å². The lowest BCUT2D eigenvalue weighted by molar-refractivity contribution is -0.133. The Morgan fingerprint density at radius 3 is 2.09 bits per heavy atom. The number of phenolic OH excluding ortho intramolecular Hbond substituents is 1. The van der Waals surface area contributed by atoms with E-state index in [0.717, 1.165) is 22.3 Å². The predicted molar refractivity (Wildman–Crippen MR) is 214 cm³/mol. The van der Waals surface area contributed by atoms with Gasteiger partial charge in [-0.15, -0.1) is 0 Å². The normalized spacial score (nSPS) is 16.8. The third-order valence-electron chi connectivity index (χ3n) is 10.2. The summed E-state index contributed by atoms with van der Waals surface area (Å²) in [7, 11) is 0. The first-order valence-corrected chi connectivity index (χ1v) is 19.1. The van der Waals surface area contributed by atoms with Crippen molar-refractivity contribution < 1.29 is 33.8 Å². The van der Waals surface area contributed by atoms with Crippen LogP contribution in [0.1, 0.15) is 81.7 Å². The molecule has 4 aromatic rings. The molecule has 0 aliphatic carbocycles. The highest BCUT2D eigenvalue weighted by atomic mass is 16.5. The van der Waals surface area contributed by atoms with Crippen molar-refractivity contribution in [2.24, 2.45) is 11.8 Å². The van der Waals surface area contributed by atoms with Crippen LogP contribution in [0.4, 0.5) is 11.4 Å². The average molecular weight is 762 g/mol. The van der Waals surface area contributed by atoms with Gasteiger partial charge in [-0.1, -0.05) is 64.1 Å². The molecule has 7 N–H and O–H groups in total. The maximum Gasteiger partial charge on any atom is 0.247 e. The van der Waals surface area contributed by atoms with Gasteiger partial charge >= 0.3 is 0 Å². The second-order valence-electron chi connectivity index (χ2n) is 15.5. The summed E-state index contributed by atoms with van der Waals surface area (Å²) < 4.78 is 13.1. The summed E-state index contributed by atoms with van der Waals surface area (Å²) in [5.74, 6) is -0.446. The number of nitrogens with one attached hydrogen (secondary N) is 4. The topological polar surface area (TPSA) is 181 Å². The second-order valence-corrected chi connectivity index (χ2v) is 15.5. The Kier molecular flexibility index (Phi) is 12.0. The molecule has 0 bridgehead atoms. The van der Waals surface area contributed by atoms with Gasteiger partial charge in [-0.2, -0.15) is 0 Å². The SMILES string of the molecule is CC(=O)N[C@@H](CC(C)C)C(=O)N[C@@H](CCC(C)C)C(=O)N[C@@H](Cc1ccc(O)cc1)C(=O)Nc1ccc2c(c1)Oc1cc(N)ccc1C21OCc2ccccc21. The zero-order chi connectivity index (χ0) is 40.1. The van der Waals surface area contributed by atoms with Gasteiger partial charge in [-0.05, 0) is 84.2 Å². The first-order valence-electron chi connectivity index (χ1n) is 19.1. The molecule has 1 unspecified atom stereocenters. The van der Waals surface area contributed by atoms with Crippen molar-refractivity contribution in [2.75, 3.05) is 11.1 Å². The highest BCUT2D eigenvalue weighted by Crippen LogP contribution is 2.56. The highest BCUT2D eigenvalue weighted by molar-refractivity contribution is 5.99. The van der Waals surface area contributed by atoms with Crippen LogP contribution in [0.2, 0.25) is 0 Å². The third kappa shape index (κ3) is 8.81. The number of anilines is 2. The van der Waals surface area contributed by atoms with E-state index < -0.39 is 41.4 Å². The van der Waals surface area contributed by atoms with Crippen LogP contribution in [0, 0.1) is 11.8 Å². The lowest BCUT2D eigenvalue weighted by atomic mass is 9.77. The molecule has 12 heteroatoms. The molecule has 2 heterocycles.